The third-order valence-electron chi connectivity index (χ3n) is 2.68. The third-order valence-corrected chi connectivity index (χ3v) is 2.68. The van der Waals surface area contributed by atoms with Crippen molar-refractivity contribution in [2.24, 2.45) is 5.84 Å². The lowest BCUT2D eigenvalue weighted by Crippen LogP contribution is -2.14. The molecule has 0 atom stereocenters. The molecule has 0 aliphatic rings. The van der Waals surface area contributed by atoms with Crippen LogP contribution in [0, 0.1) is 17.0 Å². The Bertz CT molecular complexity index is 632. The van der Waals surface area contributed by atoms with Crippen molar-refractivity contribution in [1.82, 2.24) is 15.0 Å². The van der Waals surface area contributed by atoms with Crippen LogP contribution >= 0.6 is 0 Å². The van der Waals surface area contributed by atoms with E-state index in [-0.39, 0.29) is 17.3 Å². The molecule has 0 saturated carbocycles. The number of hydrogen-bond donors (Lipinski definition) is 3. The Morgan fingerprint density at radius 1 is 1.35 bits per heavy atom. The molecule has 20 heavy (non-hydrogen) atoms. The first-order valence-corrected chi connectivity index (χ1v) is 5.74. The van der Waals surface area contributed by atoms with Crippen molar-refractivity contribution in [3.8, 4) is 0 Å². The topological polar surface area (TPSA) is 132 Å². The van der Waals surface area contributed by atoms with Crippen LogP contribution in [0.1, 0.15) is 11.3 Å². The van der Waals surface area contributed by atoms with Crippen LogP contribution in [0.15, 0.2) is 24.7 Å². The van der Waals surface area contributed by atoms with Gasteiger partial charge < -0.3 is 10.7 Å². The largest absolute Gasteiger partial charge is 0.359 e. The summed E-state index contributed by atoms with van der Waals surface area (Å²) in [6.45, 7) is 2.22. The molecule has 2 aromatic rings. The number of rotatable bonds is 5. The Morgan fingerprint density at radius 2 is 2.10 bits per heavy atom. The number of nitrogens with two attached hydrogens (primary N) is 1. The molecular formula is C11H13N7O2. The third kappa shape index (κ3) is 2.78. The lowest BCUT2D eigenvalue weighted by atomic mass is 10.2. The first-order chi connectivity index (χ1) is 9.63. The smallest absolute Gasteiger partial charge is 0.354 e. The van der Waals surface area contributed by atoms with E-state index >= 15 is 0 Å². The van der Waals surface area contributed by atoms with Crippen molar-refractivity contribution in [3.05, 3.63) is 46.0 Å². The van der Waals surface area contributed by atoms with E-state index in [2.05, 4.69) is 25.7 Å². The van der Waals surface area contributed by atoms with Gasteiger partial charge in [-0.1, -0.05) is 6.07 Å². The highest BCUT2D eigenvalue weighted by Crippen LogP contribution is 2.28. The number of pyridine rings is 1. The quantitative estimate of drug-likeness (QED) is 0.418. The van der Waals surface area contributed by atoms with Crippen molar-refractivity contribution in [2.75, 3.05) is 10.7 Å². The predicted octanol–water partition coefficient (Wildman–Crippen LogP) is 0.986. The van der Waals surface area contributed by atoms with E-state index < -0.39 is 4.92 Å². The fourth-order valence-electron chi connectivity index (χ4n) is 1.66. The van der Waals surface area contributed by atoms with E-state index in [0.29, 0.717) is 6.54 Å². The second kappa shape index (κ2) is 5.89. The molecule has 0 aliphatic carbocycles. The van der Waals surface area contributed by atoms with Crippen LogP contribution in [-0.2, 0) is 6.54 Å². The van der Waals surface area contributed by atoms with Gasteiger partial charge in [0, 0.05) is 6.20 Å². The summed E-state index contributed by atoms with van der Waals surface area (Å²) in [5, 5.41) is 13.9. The molecule has 4 N–H and O–H groups in total. The Hall–Kier alpha value is -2.81. The Balaban J connectivity index is 2.26. The molecule has 104 valence electrons. The number of hydrazine groups is 1. The number of aromatic nitrogens is 3. The van der Waals surface area contributed by atoms with Crippen LogP contribution in [0.25, 0.3) is 0 Å². The van der Waals surface area contributed by atoms with E-state index in [4.69, 9.17) is 5.84 Å². The molecule has 9 nitrogen and oxygen atoms in total. The summed E-state index contributed by atoms with van der Waals surface area (Å²) in [5.74, 6) is 5.24. The number of anilines is 2. The van der Waals surface area contributed by atoms with Gasteiger partial charge in [-0.3, -0.25) is 15.1 Å². The Labute approximate surface area is 114 Å². The van der Waals surface area contributed by atoms with Gasteiger partial charge in [-0.2, -0.15) is 0 Å². The zero-order chi connectivity index (χ0) is 14.5. The minimum Gasteiger partial charge on any atom is -0.359 e. The summed E-state index contributed by atoms with van der Waals surface area (Å²) in [6.07, 6.45) is 2.85. The van der Waals surface area contributed by atoms with Crippen LogP contribution in [0.4, 0.5) is 17.3 Å². The zero-order valence-electron chi connectivity index (χ0n) is 10.7. The molecule has 0 unspecified atom stereocenters. The normalized spacial score (nSPS) is 10.1. The summed E-state index contributed by atoms with van der Waals surface area (Å²) < 4.78 is 0. The van der Waals surface area contributed by atoms with Gasteiger partial charge in [-0.05, 0) is 18.6 Å². The average Bonchev–Trinajstić information content (AvgIpc) is 2.45. The number of nitro groups is 1. The van der Waals surface area contributed by atoms with Gasteiger partial charge in [0.25, 0.3) is 0 Å². The minimum absolute atomic E-state index is 0.0507. The van der Waals surface area contributed by atoms with E-state index in [1.54, 1.807) is 6.20 Å². The monoisotopic (exact) mass is 275 g/mol. The van der Waals surface area contributed by atoms with Gasteiger partial charge in [0.1, 0.15) is 6.33 Å². The Kier molecular flexibility index (Phi) is 4.01. The van der Waals surface area contributed by atoms with Crippen molar-refractivity contribution >= 4 is 17.3 Å². The standard InChI is InChI=1S/C11H13N7O2/c1-7-3-2-4-13-8(7)5-14-10-9(18(19)20)11(17-12)16-6-15-10/h2-4,6H,5,12H2,1H3,(H2,14,15,16,17). The predicted molar refractivity (Wildman–Crippen MR) is 72.8 cm³/mol. The van der Waals surface area contributed by atoms with Crippen LogP contribution in [-0.4, -0.2) is 19.9 Å². The molecule has 0 spiro atoms. The maximum absolute atomic E-state index is 11.1. The van der Waals surface area contributed by atoms with E-state index in [0.717, 1.165) is 11.3 Å². The first kappa shape index (κ1) is 13.6. The molecule has 0 aromatic carbocycles. The van der Waals surface area contributed by atoms with Gasteiger partial charge in [0.05, 0.1) is 17.2 Å². The average molecular weight is 275 g/mol. The van der Waals surface area contributed by atoms with Gasteiger partial charge in [0.2, 0.25) is 11.6 Å². The van der Waals surface area contributed by atoms with E-state index in [1.165, 1.54) is 6.33 Å². The van der Waals surface area contributed by atoms with Crippen LogP contribution in [0.2, 0.25) is 0 Å². The maximum Gasteiger partial charge on any atom is 0.354 e. The second-order valence-electron chi connectivity index (χ2n) is 3.94. The van der Waals surface area contributed by atoms with Gasteiger partial charge in [-0.25, -0.2) is 15.8 Å². The summed E-state index contributed by atoms with van der Waals surface area (Å²) in [4.78, 5) is 22.2. The van der Waals surface area contributed by atoms with E-state index in [1.807, 2.05) is 19.1 Å². The number of aryl methyl sites for hydroxylation is 1. The number of nitrogen functional groups attached to an aromatic ring is 1. The molecular weight excluding hydrogens is 262 g/mol. The fourth-order valence-corrected chi connectivity index (χ4v) is 1.66. The molecule has 0 bridgehead atoms. The number of hydrogen-bond acceptors (Lipinski definition) is 8. The zero-order valence-corrected chi connectivity index (χ0v) is 10.7. The SMILES string of the molecule is Cc1cccnc1CNc1ncnc(NN)c1[N+](=O)[O-]. The second-order valence-corrected chi connectivity index (χ2v) is 3.94. The lowest BCUT2D eigenvalue weighted by Gasteiger charge is -2.09. The van der Waals surface area contributed by atoms with Crippen molar-refractivity contribution in [2.45, 2.75) is 13.5 Å². The molecule has 0 fully saturated rings. The lowest BCUT2D eigenvalue weighted by molar-refractivity contribution is -0.383. The summed E-state index contributed by atoms with van der Waals surface area (Å²) in [5.41, 5.74) is 3.64. The fraction of sp³-hybridized carbons (Fsp3) is 0.182. The molecule has 2 heterocycles. The van der Waals surface area contributed by atoms with Crippen molar-refractivity contribution in [1.29, 1.82) is 0 Å². The molecule has 2 rings (SSSR count). The highest BCUT2D eigenvalue weighted by molar-refractivity contribution is 5.68. The van der Waals surface area contributed by atoms with Crippen LogP contribution < -0.4 is 16.6 Å². The molecule has 0 aliphatic heterocycles. The summed E-state index contributed by atoms with van der Waals surface area (Å²) >= 11 is 0. The van der Waals surface area contributed by atoms with Gasteiger partial charge >= 0.3 is 5.69 Å². The highest BCUT2D eigenvalue weighted by Gasteiger charge is 2.22. The van der Waals surface area contributed by atoms with Crippen molar-refractivity contribution < 1.29 is 4.92 Å². The number of nitrogens with zero attached hydrogens (tertiary/aromatic N) is 4. The molecule has 0 radical (unpaired) electrons. The van der Waals surface area contributed by atoms with E-state index in [9.17, 15) is 10.1 Å². The van der Waals surface area contributed by atoms with Gasteiger partial charge in [0.15, 0.2) is 0 Å². The molecule has 2 aromatic heterocycles. The van der Waals surface area contributed by atoms with Gasteiger partial charge in [-0.15, -0.1) is 0 Å². The molecule has 0 amide bonds. The van der Waals surface area contributed by atoms with Crippen molar-refractivity contribution in [3.63, 3.8) is 0 Å². The summed E-state index contributed by atoms with van der Waals surface area (Å²) in [7, 11) is 0. The van der Waals surface area contributed by atoms with Crippen LogP contribution in [0.3, 0.4) is 0 Å². The highest BCUT2D eigenvalue weighted by atomic mass is 16.6. The summed E-state index contributed by atoms with van der Waals surface area (Å²) in [6, 6.07) is 3.73. The minimum atomic E-state index is -0.594. The van der Waals surface area contributed by atoms with Crippen LogP contribution in [0.5, 0.6) is 0 Å². The molecule has 0 saturated heterocycles. The maximum atomic E-state index is 11.1. The first-order valence-electron chi connectivity index (χ1n) is 5.74. The Morgan fingerprint density at radius 3 is 2.75 bits per heavy atom. The molecule has 9 heteroatoms. The number of nitrogens with one attached hydrogen (secondary N) is 2.